The van der Waals surface area contributed by atoms with Crippen LogP contribution in [0.3, 0.4) is 0 Å². The molecule has 1 unspecified atom stereocenters. The first-order valence-electron chi connectivity index (χ1n) is 7.77. The number of hydrogen-bond acceptors (Lipinski definition) is 2. The van der Waals surface area contributed by atoms with E-state index in [1.54, 1.807) is 0 Å². The van der Waals surface area contributed by atoms with Gasteiger partial charge in [-0.15, -0.1) is 12.4 Å². The molecule has 1 amide bonds. The molecule has 2 rings (SSSR count). The number of nitrogens with two attached hydrogens (primary N) is 1. The van der Waals surface area contributed by atoms with Crippen LogP contribution in [-0.2, 0) is 4.79 Å². The first-order chi connectivity index (χ1) is 8.79. The number of carbonyl (C=O) groups excluding carboxylic acids is 1. The predicted octanol–water partition coefficient (Wildman–Crippen LogP) is 2.97. The Morgan fingerprint density at radius 3 is 2.26 bits per heavy atom. The maximum absolute atomic E-state index is 12.3. The van der Waals surface area contributed by atoms with E-state index < -0.39 is 0 Å². The predicted molar refractivity (Wildman–Crippen MR) is 81.4 cm³/mol. The normalized spacial score (nSPS) is 25.5. The Labute approximate surface area is 123 Å². The summed E-state index contributed by atoms with van der Waals surface area (Å²) in [6.45, 7) is 2.59. The highest BCUT2D eigenvalue weighted by molar-refractivity contribution is 5.85. The molecular weight excluding hydrogens is 260 g/mol. The van der Waals surface area contributed by atoms with Gasteiger partial charge in [-0.2, -0.15) is 0 Å². The van der Waals surface area contributed by atoms with Gasteiger partial charge in [-0.05, 0) is 44.1 Å². The number of likely N-dealkylation sites (tertiary alicyclic amines) is 1. The van der Waals surface area contributed by atoms with Gasteiger partial charge in [0.2, 0.25) is 5.91 Å². The molecule has 1 aliphatic heterocycles. The summed E-state index contributed by atoms with van der Waals surface area (Å²) in [4.78, 5) is 14.4. The first-order valence-corrected chi connectivity index (χ1v) is 7.77. The van der Waals surface area contributed by atoms with Gasteiger partial charge in [0.05, 0.1) is 0 Å². The van der Waals surface area contributed by atoms with Crippen molar-refractivity contribution in [1.82, 2.24) is 4.90 Å². The van der Waals surface area contributed by atoms with E-state index >= 15 is 0 Å². The van der Waals surface area contributed by atoms with Gasteiger partial charge in [0.25, 0.3) is 0 Å². The minimum absolute atomic E-state index is 0. The quantitative estimate of drug-likeness (QED) is 0.812. The van der Waals surface area contributed by atoms with Crippen LogP contribution in [0.25, 0.3) is 0 Å². The molecule has 2 N–H and O–H groups in total. The maximum atomic E-state index is 12.3. The van der Waals surface area contributed by atoms with E-state index in [4.69, 9.17) is 5.73 Å². The number of amides is 1. The lowest BCUT2D eigenvalue weighted by Gasteiger charge is -2.33. The minimum Gasteiger partial charge on any atom is -0.342 e. The molecule has 0 aromatic heterocycles. The lowest BCUT2D eigenvalue weighted by molar-refractivity contribution is -0.134. The van der Waals surface area contributed by atoms with Crippen molar-refractivity contribution < 1.29 is 4.79 Å². The van der Waals surface area contributed by atoms with Crippen LogP contribution in [-0.4, -0.2) is 30.4 Å². The zero-order valence-electron chi connectivity index (χ0n) is 12.0. The first kappa shape index (κ1) is 16.8. The molecule has 2 fully saturated rings. The summed E-state index contributed by atoms with van der Waals surface area (Å²) in [7, 11) is 0. The molecule has 0 aromatic carbocycles. The molecule has 112 valence electrons. The average Bonchev–Trinajstić information content (AvgIpc) is 2.67. The Morgan fingerprint density at radius 2 is 1.63 bits per heavy atom. The third-order valence-corrected chi connectivity index (χ3v) is 4.64. The maximum Gasteiger partial charge on any atom is 0.222 e. The van der Waals surface area contributed by atoms with Crippen molar-refractivity contribution in [3.8, 4) is 0 Å². The van der Waals surface area contributed by atoms with Gasteiger partial charge in [0.1, 0.15) is 0 Å². The SMILES string of the molecule is Cl.NCC1CCCN(C(=O)CC2CCCCCC2)C1. The molecule has 1 aliphatic carbocycles. The fraction of sp³-hybridized carbons (Fsp3) is 0.933. The second-order valence-electron chi connectivity index (χ2n) is 6.15. The van der Waals surface area contributed by atoms with Gasteiger partial charge in [-0.1, -0.05) is 25.7 Å². The van der Waals surface area contributed by atoms with Crippen molar-refractivity contribution in [3.05, 3.63) is 0 Å². The van der Waals surface area contributed by atoms with E-state index in [0.29, 0.717) is 17.7 Å². The molecule has 1 saturated carbocycles. The summed E-state index contributed by atoms with van der Waals surface area (Å²) in [5.41, 5.74) is 5.73. The van der Waals surface area contributed by atoms with Crippen LogP contribution in [0, 0.1) is 11.8 Å². The molecule has 1 saturated heterocycles. The number of hydrogen-bond donors (Lipinski definition) is 1. The molecule has 0 spiro atoms. The Balaban J connectivity index is 0.00000180. The topological polar surface area (TPSA) is 46.3 Å². The third-order valence-electron chi connectivity index (χ3n) is 4.64. The fourth-order valence-electron chi connectivity index (χ4n) is 3.43. The van der Waals surface area contributed by atoms with Gasteiger partial charge in [-0.25, -0.2) is 0 Å². The van der Waals surface area contributed by atoms with Crippen molar-refractivity contribution >= 4 is 18.3 Å². The summed E-state index contributed by atoms with van der Waals surface area (Å²) >= 11 is 0. The van der Waals surface area contributed by atoms with Gasteiger partial charge in [0.15, 0.2) is 0 Å². The smallest absolute Gasteiger partial charge is 0.222 e. The zero-order chi connectivity index (χ0) is 12.8. The molecule has 1 heterocycles. The van der Waals surface area contributed by atoms with Gasteiger partial charge >= 0.3 is 0 Å². The highest BCUT2D eigenvalue weighted by Crippen LogP contribution is 2.27. The molecule has 0 radical (unpaired) electrons. The number of nitrogens with zero attached hydrogens (tertiary/aromatic N) is 1. The molecule has 2 aliphatic rings. The Morgan fingerprint density at radius 1 is 1.00 bits per heavy atom. The molecule has 0 bridgehead atoms. The Bertz CT molecular complexity index is 265. The second kappa shape index (κ2) is 8.80. The molecule has 19 heavy (non-hydrogen) atoms. The molecule has 1 atom stereocenters. The van der Waals surface area contributed by atoms with Crippen LogP contribution in [0.5, 0.6) is 0 Å². The molecule has 0 aromatic rings. The van der Waals surface area contributed by atoms with Crippen molar-refractivity contribution in [3.63, 3.8) is 0 Å². The molecule has 4 heteroatoms. The van der Waals surface area contributed by atoms with E-state index in [2.05, 4.69) is 4.90 Å². The number of rotatable bonds is 3. The Hall–Kier alpha value is -0.280. The van der Waals surface area contributed by atoms with Crippen LogP contribution in [0.15, 0.2) is 0 Å². The highest BCUT2D eigenvalue weighted by atomic mass is 35.5. The molecular formula is C15H29ClN2O. The van der Waals surface area contributed by atoms with Crippen LogP contribution in [0.4, 0.5) is 0 Å². The van der Waals surface area contributed by atoms with Crippen LogP contribution in [0.1, 0.15) is 57.8 Å². The van der Waals surface area contributed by atoms with E-state index in [1.165, 1.54) is 44.9 Å². The van der Waals surface area contributed by atoms with Crippen molar-refractivity contribution in [1.29, 1.82) is 0 Å². The van der Waals surface area contributed by atoms with Gasteiger partial charge in [-0.3, -0.25) is 4.79 Å². The van der Waals surface area contributed by atoms with E-state index in [-0.39, 0.29) is 12.4 Å². The summed E-state index contributed by atoms with van der Waals surface area (Å²) in [6.07, 6.45) is 11.0. The number of halogens is 1. The minimum atomic E-state index is 0. The van der Waals surface area contributed by atoms with Crippen LogP contribution < -0.4 is 5.73 Å². The lowest BCUT2D eigenvalue weighted by atomic mass is 9.94. The lowest BCUT2D eigenvalue weighted by Crippen LogP contribution is -2.42. The van der Waals surface area contributed by atoms with Crippen molar-refractivity contribution in [2.24, 2.45) is 17.6 Å². The van der Waals surface area contributed by atoms with Gasteiger partial charge in [0, 0.05) is 19.5 Å². The van der Waals surface area contributed by atoms with E-state index in [0.717, 1.165) is 32.5 Å². The van der Waals surface area contributed by atoms with Crippen LogP contribution in [0.2, 0.25) is 0 Å². The van der Waals surface area contributed by atoms with Gasteiger partial charge < -0.3 is 10.6 Å². The Kier molecular flexibility index (Phi) is 7.77. The molecule has 3 nitrogen and oxygen atoms in total. The number of piperidine rings is 1. The zero-order valence-corrected chi connectivity index (χ0v) is 12.8. The highest BCUT2D eigenvalue weighted by Gasteiger charge is 2.25. The van der Waals surface area contributed by atoms with Crippen molar-refractivity contribution in [2.45, 2.75) is 57.8 Å². The summed E-state index contributed by atoms with van der Waals surface area (Å²) in [5.74, 6) is 1.58. The standard InChI is InChI=1S/C15H28N2O.ClH/c16-11-14-8-5-9-17(12-14)15(18)10-13-6-3-1-2-4-7-13;/h13-14H,1-12,16H2;1H. The fourth-order valence-corrected chi connectivity index (χ4v) is 3.43. The third kappa shape index (κ3) is 5.31. The van der Waals surface area contributed by atoms with E-state index in [1.807, 2.05) is 0 Å². The summed E-state index contributed by atoms with van der Waals surface area (Å²) < 4.78 is 0. The van der Waals surface area contributed by atoms with E-state index in [9.17, 15) is 4.79 Å². The average molecular weight is 289 g/mol. The van der Waals surface area contributed by atoms with Crippen molar-refractivity contribution in [2.75, 3.05) is 19.6 Å². The second-order valence-corrected chi connectivity index (χ2v) is 6.15. The largest absolute Gasteiger partial charge is 0.342 e. The monoisotopic (exact) mass is 288 g/mol. The number of carbonyl (C=O) groups is 1. The summed E-state index contributed by atoms with van der Waals surface area (Å²) in [6, 6.07) is 0. The van der Waals surface area contributed by atoms with Crippen LogP contribution >= 0.6 is 12.4 Å². The summed E-state index contributed by atoms with van der Waals surface area (Å²) in [5, 5.41) is 0.